The standard InChI is InChI=1S/C14H27NO3S/c15-19(16,17)12-14(8-4-1-5-9-14)11-18-10-13-6-2-3-7-13/h13H,1-12H2,(H2,15,16,17). The molecular weight excluding hydrogens is 262 g/mol. The predicted molar refractivity (Wildman–Crippen MR) is 76.3 cm³/mol. The van der Waals surface area contributed by atoms with Gasteiger partial charge in [0.05, 0.1) is 12.4 Å². The highest BCUT2D eigenvalue weighted by molar-refractivity contribution is 7.89. The molecule has 2 fully saturated rings. The number of hydrogen-bond donors (Lipinski definition) is 1. The number of nitrogens with two attached hydrogens (primary N) is 1. The van der Waals surface area contributed by atoms with Crippen molar-refractivity contribution in [3.8, 4) is 0 Å². The molecule has 0 spiro atoms. The van der Waals surface area contributed by atoms with Crippen molar-refractivity contribution < 1.29 is 13.2 Å². The molecule has 0 unspecified atom stereocenters. The van der Waals surface area contributed by atoms with E-state index in [0.717, 1.165) is 32.3 Å². The number of ether oxygens (including phenoxy) is 1. The van der Waals surface area contributed by atoms with Crippen LogP contribution in [0.5, 0.6) is 0 Å². The maximum absolute atomic E-state index is 11.4. The van der Waals surface area contributed by atoms with Gasteiger partial charge in [-0.1, -0.05) is 32.1 Å². The van der Waals surface area contributed by atoms with E-state index in [0.29, 0.717) is 12.5 Å². The van der Waals surface area contributed by atoms with Crippen molar-refractivity contribution in [1.29, 1.82) is 0 Å². The zero-order valence-electron chi connectivity index (χ0n) is 11.8. The van der Waals surface area contributed by atoms with E-state index in [9.17, 15) is 8.42 Å². The van der Waals surface area contributed by atoms with Crippen molar-refractivity contribution in [3.63, 3.8) is 0 Å². The zero-order valence-corrected chi connectivity index (χ0v) is 12.6. The van der Waals surface area contributed by atoms with E-state index in [1.807, 2.05) is 0 Å². The van der Waals surface area contributed by atoms with Crippen LogP contribution in [0.4, 0.5) is 0 Å². The van der Waals surface area contributed by atoms with Crippen molar-refractivity contribution in [1.82, 2.24) is 0 Å². The highest BCUT2D eigenvalue weighted by Gasteiger charge is 2.36. The fourth-order valence-electron chi connectivity index (χ4n) is 3.68. The van der Waals surface area contributed by atoms with Crippen molar-refractivity contribution in [2.24, 2.45) is 16.5 Å². The molecule has 19 heavy (non-hydrogen) atoms. The molecule has 2 aliphatic carbocycles. The monoisotopic (exact) mass is 289 g/mol. The van der Waals surface area contributed by atoms with Crippen LogP contribution < -0.4 is 5.14 Å². The van der Waals surface area contributed by atoms with E-state index in [-0.39, 0.29) is 11.2 Å². The Balaban J connectivity index is 1.85. The molecule has 4 nitrogen and oxygen atoms in total. The molecule has 0 aromatic rings. The molecule has 0 bridgehead atoms. The maximum atomic E-state index is 11.4. The molecule has 0 amide bonds. The molecule has 2 saturated carbocycles. The molecule has 2 N–H and O–H groups in total. The van der Waals surface area contributed by atoms with Gasteiger partial charge >= 0.3 is 0 Å². The minimum absolute atomic E-state index is 0.0880. The quantitative estimate of drug-likeness (QED) is 0.816. The molecule has 0 saturated heterocycles. The van der Waals surface area contributed by atoms with Crippen LogP contribution >= 0.6 is 0 Å². The van der Waals surface area contributed by atoms with E-state index >= 15 is 0 Å². The lowest BCUT2D eigenvalue weighted by atomic mass is 9.76. The summed E-state index contributed by atoms with van der Waals surface area (Å²) in [5.74, 6) is 0.778. The second kappa shape index (κ2) is 6.55. The summed E-state index contributed by atoms with van der Waals surface area (Å²) in [7, 11) is -3.41. The summed E-state index contributed by atoms with van der Waals surface area (Å²) in [6, 6.07) is 0. The number of rotatable bonds is 6. The van der Waals surface area contributed by atoms with E-state index < -0.39 is 10.0 Å². The average molecular weight is 289 g/mol. The lowest BCUT2D eigenvalue weighted by Crippen LogP contribution is -2.39. The third kappa shape index (κ3) is 5.04. The van der Waals surface area contributed by atoms with Crippen LogP contribution in [0.3, 0.4) is 0 Å². The third-order valence-electron chi connectivity index (χ3n) is 4.66. The minimum atomic E-state index is -3.41. The molecule has 112 valence electrons. The smallest absolute Gasteiger partial charge is 0.209 e. The highest BCUT2D eigenvalue weighted by Crippen LogP contribution is 2.38. The molecule has 0 aromatic heterocycles. The van der Waals surface area contributed by atoms with Gasteiger partial charge in [-0.15, -0.1) is 0 Å². The van der Waals surface area contributed by atoms with Gasteiger partial charge in [-0.05, 0) is 31.6 Å². The Morgan fingerprint density at radius 3 is 2.26 bits per heavy atom. The Morgan fingerprint density at radius 1 is 1.05 bits per heavy atom. The van der Waals surface area contributed by atoms with Crippen LogP contribution in [0.15, 0.2) is 0 Å². The molecule has 0 heterocycles. The molecular formula is C14H27NO3S. The summed E-state index contributed by atoms with van der Waals surface area (Å²) in [6.07, 6.45) is 10.4. The summed E-state index contributed by atoms with van der Waals surface area (Å²) >= 11 is 0. The van der Waals surface area contributed by atoms with E-state index in [1.165, 1.54) is 32.1 Å². The second-order valence-electron chi connectivity index (χ2n) is 6.53. The fraction of sp³-hybridized carbons (Fsp3) is 1.00. The Hall–Kier alpha value is -0.130. The van der Waals surface area contributed by atoms with Gasteiger partial charge in [-0.2, -0.15) is 0 Å². The van der Waals surface area contributed by atoms with Gasteiger partial charge in [0.15, 0.2) is 0 Å². The van der Waals surface area contributed by atoms with Crippen LogP contribution in [-0.2, 0) is 14.8 Å². The summed E-state index contributed by atoms with van der Waals surface area (Å²) in [6.45, 7) is 1.37. The van der Waals surface area contributed by atoms with Gasteiger partial charge in [0.1, 0.15) is 0 Å². The number of primary sulfonamides is 1. The van der Waals surface area contributed by atoms with Gasteiger partial charge < -0.3 is 4.74 Å². The minimum Gasteiger partial charge on any atom is -0.381 e. The second-order valence-corrected chi connectivity index (χ2v) is 8.15. The maximum Gasteiger partial charge on any atom is 0.209 e. The van der Waals surface area contributed by atoms with Crippen LogP contribution in [0.25, 0.3) is 0 Å². The molecule has 0 aromatic carbocycles. The first kappa shape index (κ1) is 15.3. The van der Waals surface area contributed by atoms with Crippen molar-refractivity contribution >= 4 is 10.0 Å². The highest BCUT2D eigenvalue weighted by atomic mass is 32.2. The lowest BCUT2D eigenvalue weighted by molar-refractivity contribution is 0.0171. The molecule has 2 aliphatic rings. The topological polar surface area (TPSA) is 69.4 Å². The summed E-state index contributed by atoms with van der Waals surface area (Å²) in [4.78, 5) is 0. The summed E-state index contributed by atoms with van der Waals surface area (Å²) in [5.41, 5.74) is -0.218. The molecule has 2 rings (SSSR count). The Bertz CT molecular complexity index is 368. The lowest BCUT2D eigenvalue weighted by Gasteiger charge is -2.36. The molecule has 5 heteroatoms. The molecule has 0 radical (unpaired) electrons. The average Bonchev–Trinajstić information content (AvgIpc) is 2.81. The van der Waals surface area contributed by atoms with Gasteiger partial charge in [0.2, 0.25) is 10.0 Å². The normalized spacial score (nSPS) is 24.7. The van der Waals surface area contributed by atoms with Crippen LogP contribution in [0.2, 0.25) is 0 Å². The first-order valence-electron chi connectivity index (χ1n) is 7.57. The van der Waals surface area contributed by atoms with E-state index in [2.05, 4.69) is 0 Å². The van der Waals surface area contributed by atoms with Gasteiger partial charge in [-0.25, -0.2) is 13.6 Å². The van der Waals surface area contributed by atoms with E-state index in [4.69, 9.17) is 9.88 Å². The van der Waals surface area contributed by atoms with Gasteiger partial charge in [0.25, 0.3) is 0 Å². The zero-order chi connectivity index (χ0) is 13.8. The predicted octanol–water partition coefficient (Wildman–Crippen LogP) is 2.43. The first-order valence-corrected chi connectivity index (χ1v) is 9.29. The summed E-state index contributed by atoms with van der Waals surface area (Å²) < 4.78 is 28.8. The van der Waals surface area contributed by atoms with E-state index in [1.54, 1.807) is 0 Å². The van der Waals surface area contributed by atoms with Gasteiger partial charge in [0, 0.05) is 12.0 Å². The Morgan fingerprint density at radius 2 is 1.68 bits per heavy atom. The number of sulfonamides is 1. The number of hydrogen-bond acceptors (Lipinski definition) is 3. The van der Waals surface area contributed by atoms with Gasteiger partial charge in [-0.3, -0.25) is 0 Å². The third-order valence-corrected chi connectivity index (χ3v) is 5.67. The fourth-order valence-corrected chi connectivity index (χ4v) is 4.90. The Kier molecular flexibility index (Phi) is 5.26. The van der Waals surface area contributed by atoms with Crippen molar-refractivity contribution in [2.45, 2.75) is 57.8 Å². The summed E-state index contributed by atoms with van der Waals surface area (Å²) in [5, 5.41) is 5.26. The SMILES string of the molecule is NS(=O)(=O)CC1(COCC2CCCC2)CCCCC1. The molecule has 0 atom stereocenters. The van der Waals surface area contributed by atoms with Crippen LogP contribution in [-0.4, -0.2) is 27.4 Å². The van der Waals surface area contributed by atoms with Crippen molar-refractivity contribution in [2.75, 3.05) is 19.0 Å². The largest absolute Gasteiger partial charge is 0.381 e. The Labute approximate surface area is 117 Å². The first-order chi connectivity index (χ1) is 8.99. The van der Waals surface area contributed by atoms with Crippen LogP contribution in [0.1, 0.15) is 57.8 Å². The molecule has 0 aliphatic heterocycles. The van der Waals surface area contributed by atoms with Crippen molar-refractivity contribution in [3.05, 3.63) is 0 Å². The van der Waals surface area contributed by atoms with Crippen LogP contribution in [0, 0.1) is 11.3 Å².